The molecule has 0 bridgehead atoms. The van der Waals surface area contributed by atoms with Gasteiger partial charge < -0.3 is 10.3 Å². The van der Waals surface area contributed by atoms with Crippen LogP contribution in [0.5, 0.6) is 0 Å². The molecule has 1 amide bonds. The number of H-pyrrole nitrogens is 1. The van der Waals surface area contributed by atoms with Crippen molar-refractivity contribution < 1.29 is 9.18 Å². The lowest BCUT2D eigenvalue weighted by atomic mass is 10.2. The zero-order valence-electron chi connectivity index (χ0n) is 10.8. The van der Waals surface area contributed by atoms with Gasteiger partial charge in [0.05, 0.1) is 6.54 Å². The van der Waals surface area contributed by atoms with Crippen LogP contribution in [0.3, 0.4) is 0 Å². The summed E-state index contributed by atoms with van der Waals surface area (Å²) in [6, 6.07) is 5.14. The summed E-state index contributed by atoms with van der Waals surface area (Å²) in [6.07, 6.45) is 0. The number of fused-ring (bicyclic) bond motifs is 1. The van der Waals surface area contributed by atoms with E-state index in [0.717, 1.165) is 16.6 Å². The molecule has 0 aliphatic carbocycles. The molecule has 0 atom stereocenters. The predicted octanol–water partition coefficient (Wildman–Crippen LogP) is 2.89. The second-order valence-electron chi connectivity index (χ2n) is 4.86. The Morgan fingerprint density at radius 1 is 1.39 bits per heavy atom. The molecule has 0 fully saturated rings. The number of aromatic nitrogens is 1. The molecule has 0 aliphatic heterocycles. The SMILES string of the molecule is Cc1cc2[nH]c(CNC(=O)C(C)C)cc2cc1F. The standard InChI is InChI=1S/C14H17FN2O/c1-8(2)14(18)16-7-11-5-10-6-12(15)9(3)4-13(10)17-11/h4-6,8,17H,7H2,1-3H3,(H,16,18). The quantitative estimate of drug-likeness (QED) is 0.862. The fourth-order valence-corrected chi connectivity index (χ4v) is 1.80. The highest BCUT2D eigenvalue weighted by molar-refractivity contribution is 5.82. The fraction of sp³-hybridized carbons (Fsp3) is 0.357. The van der Waals surface area contributed by atoms with Crippen molar-refractivity contribution in [3.8, 4) is 0 Å². The molecule has 96 valence electrons. The van der Waals surface area contributed by atoms with Gasteiger partial charge in [0, 0.05) is 22.5 Å². The highest BCUT2D eigenvalue weighted by Gasteiger charge is 2.08. The van der Waals surface area contributed by atoms with Crippen molar-refractivity contribution in [2.45, 2.75) is 27.3 Å². The Morgan fingerprint density at radius 3 is 2.78 bits per heavy atom. The Bertz CT molecular complexity index is 548. The molecule has 2 rings (SSSR count). The molecule has 0 saturated carbocycles. The van der Waals surface area contributed by atoms with Crippen LogP contribution in [0.1, 0.15) is 25.1 Å². The van der Waals surface area contributed by atoms with Crippen LogP contribution in [0.25, 0.3) is 10.9 Å². The molecular formula is C14H17FN2O. The van der Waals surface area contributed by atoms with Crippen molar-refractivity contribution in [1.29, 1.82) is 0 Å². The van der Waals surface area contributed by atoms with Gasteiger partial charge in [-0.25, -0.2) is 4.39 Å². The van der Waals surface area contributed by atoms with E-state index in [2.05, 4.69) is 10.3 Å². The number of carbonyl (C=O) groups excluding carboxylic acids is 1. The zero-order chi connectivity index (χ0) is 13.3. The lowest BCUT2D eigenvalue weighted by Gasteiger charge is -2.05. The van der Waals surface area contributed by atoms with Gasteiger partial charge in [-0.15, -0.1) is 0 Å². The van der Waals surface area contributed by atoms with Crippen LogP contribution in [-0.4, -0.2) is 10.9 Å². The van der Waals surface area contributed by atoms with Crippen LogP contribution < -0.4 is 5.32 Å². The predicted molar refractivity (Wildman–Crippen MR) is 69.7 cm³/mol. The number of hydrogen-bond acceptors (Lipinski definition) is 1. The van der Waals surface area contributed by atoms with Gasteiger partial charge in [0.2, 0.25) is 5.91 Å². The minimum Gasteiger partial charge on any atom is -0.357 e. The summed E-state index contributed by atoms with van der Waals surface area (Å²) in [5.74, 6) is -0.232. The molecule has 1 aromatic carbocycles. The summed E-state index contributed by atoms with van der Waals surface area (Å²) in [5.41, 5.74) is 2.38. The summed E-state index contributed by atoms with van der Waals surface area (Å²) in [4.78, 5) is 14.6. The smallest absolute Gasteiger partial charge is 0.222 e. The van der Waals surface area contributed by atoms with E-state index in [0.29, 0.717) is 12.1 Å². The maximum absolute atomic E-state index is 13.4. The van der Waals surface area contributed by atoms with Crippen molar-refractivity contribution in [3.05, 3.63) is 35.3 Å². The lowest BCUT2D eigenvalue weighted by Crippen LogP contribution is -2.27. The van der Waals surface area contributed by atoms with Crippen molar-refractivity contribution in [1.82, 2.24) is 10.3 Å². The minimum atomic E-state index is -0.209. The Balaban J connectivity index is 2.18. The van der Waals surface area contributed by atoms with E-state index < -0.39 is 0 Å². The molecule has 1 aromatic heterocycles. The molecule has 0 unspecified atom stereocenters. The minimum absolute atomic E-state index is 0.0102. The fourth-order valence-electron chi connectivity index (χ4n) is 1.80. The van der Waals surface area contributed by atoms with E-state index >= 15 is 0 Å². The van der Waals surface area contributed by atoms with Crippen molar-refractivity contribution in [2.24, 2.45) is 5.92 Å². The van der Waals surface area contributed by atoms with E-state index in [1.54, 1.807) is 13.0 Å². The number of rotatable bonds is 3. The number of benzene rings is 1. The summed E-state index contributed by atoms with van der Waals surface area (Å²) < 4.78 is 13.4. The number of carbonyl (C=O) groups is 1. The topological polar surface area (TPSA) is 44.9 Å². The third-order valence-corrected chi connectivity index (χ3v) is 2.93. The van der Waals surface area contributed by atoms with Gasteiger partial charge in [0.1, 0.15) is 5.82 Å². The van der Waals surface area contributed by atoms with E-state index in [1.165, 1.54) is 6.07 Å². The highest BCUT2D eigenvalue weighted by atomic mass is 19.1. The van der Waals surface area contributed by atoms with Gasteiger partial charge >= 0.3 is 0 Å². The zero-order valence-corrected chi connectivity index (χ0v) is 10.8. The molecule has 0 aliphatic rings. The number of halogens is 1. The second-order valence-corrected chi connectivity index (χ2v) is 4.86. The third-order valence-electron chi connectivity index (χ3n) is 2.93. The Morgan fingerprint density at radius 2 is 2.11 bits per heavy atom. The van der Waals surface area contributed by atoms with Gasteiger partial charge in [-0.2, -0.15) is 0 Å². The molecule has 18 heavy (non-hydrogen) atoms. The van der Waals surface area contributed by atoms with Crippen LogP contribution >= 0.6 is 0 Å². The number of amides is 1. The van der Waals surface area contributed by atoms with Gasteiger partial charge in [-0.1, -0.05) is 13.8 Å². The first-order valence-corrected chi connectivity index (χ1v) is 6.03. The molecule has 0 spiro atoms. The second kappa shape index (κ2) is 4.80. The van der Waals surface area contributed by atoms with Crippen LogP contribution in [-0.2, 0) is 11.3 Å². The maximum atomic E-state index is 13.4. The average molecular weight is 248 g/mol. The highest BCUT2D eigenvalue weighted by Crippen LogP contribution is 2.19. The van der Waals surface area contributed by atoms with Crippen LogP contribution in [0.4, 0.5) is 4.39 Å². The molecule has 0 radical (unpaired) electrons. The van der Waals surface area contributed by atoms with E-state index in [1.807, 2.05) is 19.9 Å². The first-order chi connectivity index (χ1) is 8.47. The normalized spacial score (nSPS) is 11.2. The van der Waals surface area contributed by atoms with Crippen molar-refractivity contribution >= 4 is 16.8 Å². The molecule has 0 saturated heterocycles. The number of aromatic amines is 1. The molecule has 2 aromatic rings. The van der Waals surface area contributed by atoms with Crippen molar-refractivity contribution in [2.75, 3.05) is 0 Å². The van der Waals surface area contributed by atoms with Gasteiger partial charge in [0.15, 0.2) is 0 Å². The van der Waals surface area contributed by atoms with Crippen molar-refractivity contribution in [3.63, 3.8) is 0 Å². The number of nitrogens with one attached hydrogen (secondary N) is 2. The van der Waals surface area contributed by atoms with Crippen LogP contribution in [0, 0.1) is 18.7 Å². The van der Waals surface area contributed by atoms with Crippen LogP contribution in [0.2, 0.25) is 0 Å². The van der Waals surface area contributed by atoms with Gasteiger partial charge in [0.25, 0.3) is 0 Å². The van der Waals surface area contributed by atoms with Crippen LogP contribution in [0.15, 0.2) is 18.2 Å². The molecule has 1 heterocycles. The van der Waals surface area contributed by atoms with Gasteiger partial charge in [-0.3, -0.25) is 4.79 Å². The monoisotopic (exact) mass is 248 g/mol. The lowest BCUT2D eigenvalue weighted by molar-refractivity contribution is -0.124. The third kappa shape index (κ3) is 2.53. The Hall–Kier alpha value is -1.84. The molecule has 4 heteroatoms. The largest absolute Gasteiger partial charge is 0.357 e. The van der Waals surface area contributed by atoms with E-state index in [9.17, 15) is 9.18 Å². The average Bonchev–Trinajstić information content (AvgIpc) is 2.68. The summed E-state index contributed by atoms with van der Waals surface area (Å²) >= 11 is 0. The number of aryl methyl sites for hydroxylation is 1. The summed E-state index contributed by atoms with van der Waals surface area (Å²) in [5, 5.41) is 3.65. The summed E-state index contributed by atoms with van der Waals surface area (Å²) in [7, 11) is 0. The Labute approximate surface area is 105 Å². The molecule has 3 nitrogen and oxygen atoms in total. The van der Waals surface area contributed by atoms with E-state index in [4.69, 9.17) is 0 Å². The first kappa shape index (κ1) is 12.6. The molecular weight excluding hydrogens is 231 g/mol. The summed E-state index contributed by atoms with van der Waals surface area (Å²) in [6.45, 7) is 5.86. The Kier molecular flexibility index (Phi) is 3.36. The van der Waals surface area contributed by atoms with E-state index in [-0.39, 0.29) is 17.6 Å². The van der Waals surface area contributed by atoms with Gasteiger partial charge in [-0.05, 0) is 30.7 Å². The maximum Gasteiger partial charge on any atom is 0.222 e. The first-order valence-electron chi connectivity index (χ1n) is 6.03. The number of hydrogen-bond donors (Lipinski definition) is 2. The molecule has 2 N–H and O–H groups in total.